The Morgan fingerprint density at radius 2 is 1.96 bits per heavy atom. The second kappa shape index (κ2) is 8.21. The first kappa shape index (κ1) is 17.5. The first-order chi connectivity index (χ1) is 12.1. The van der Waals surface area contributed by atoms with Crippen LogP contribution in [-0.2, 0) is 22.4 Å². The normalized spacial score (nSPS) is 16.8. The quantitative estimate of drug-likeness (QED) is 0.816. The third-order valence-electron chi connectivity index (χ3n) is 4.50. The lowest BCUT2D eigenvalue weighted by Gasteiger charge is -2.10. The minimum absolute atomic E-state index is 0.0328. The summed E-state index contributed by atoms with van der Waals surface area (Å²) in [7, 11) is 0. The van der Waals surface area contributed by atoms with Gasteiger partial charge in [0.15, 0.2) is 0 Å². The number of rotatable bonds is 6. The molecule has 0 aromatic heterocycles. The van der Waals surface area contributed by atoms with Crippen molar-refractivity contribution >= 4 is 5.97 Å². The van der Waals surface area contributed by atoms with Crippen molar-refractivity contribution in [3.05, 3.63) is 70.8 Å². The SMILES string of the molecule is O=C(Cc1ccc(C2CCNC2)cc1)OCCc1cc(F)ccc1F. The van der Waals surface area contributed by atoms with Crippen LogP contribution < -0.4 is 5.32 Å². The van der Waals surface area contributed by atoms with Gasteiger partial charge in [-0.2, -0.15) is 0 Å². The zero-order valence-electron chi connectivity index (χ0n) is 13.9. The molecule has 1 aliphatic rings. The molecule has 1 N–H and O–H groups in total. The van der Waals surface area contributed by atoms with Crippen molar-refractivity contribution in [1.29, 1.82) is 0 Å². The third-order valence-corrected chi connectivity index (χ3v) is 4.50. The van der Waals surface area contributed by atoms with E-state index in [9.17, 15) is 13.6 Å². The maximum absolute atomic E-state index is 13.5. The molecular weight excluding hydrogens is 324 g/mol. The van der Waals surface area contributed by atoms with Crippen molar-refractivity contribution in [2.45, 2.75) is 25.2 Å². The Hall–Kier alpha value is -2.27. The molecule has 3 nitrogen and oxygen atoms in total. The molecule has 1 unspecified atom stereocenters. The van der Waals surface area contributed by atoms with Crippen molar-refractivity contribution in [2.24, 2.45) is 0 Å². The van der Waals surface area contributed by atoms with Crippen molar-refractivity contribution < 1.29 is 18.3 Å². The van der Waals surface area contributed by atoms with Crippen LogP contribution >= 0.6 is 0 Å². The van der Waals surface area contributed by atoms with Gasteiger partial charge in [0.25, 0.3) is 0 Å². The Kier molecular flexibility index (Phi) is 5.76. The van der Waals surface area contributed by atoms with Gasteiger partial charge in [-0.3, -0.25) is 4.79 Å². The minimum Gasteiger partial charge on any atom is -0.465 e. The Bertz CT molecular complexity index is 725. The lowest BCUT2D eigenvalue weighted by molar-refractivity contribution is -0.142. The first-order valence-electron chi connectivity index (χ1n) is 8.51. The number of hydrogen-bond donors (Lipinski definition) is 1. The highest BCUT2D eigenvalue weighted by molar-refractivity contribution is 5.72. The van der Waals surface area contributed by atoms with Gasteiger partial charge in [-0.05, 0) is 53.8 Å². The van der Waals surface area contributed by atoms with Gasteiger partial charge in [0.2, 0.25) is 0 Å². The van der Waals surface area contributed by atoms with Crippen molar-refractivity contribution in [2.75, 3.05) is 19.7 Å². The smallest absolute Gasteiger partial charge is 0.310 e. The molecule has 1 saturated heterocycles. The molecule has 0 saturated carbocycles. The van der Waals surface area contributed by atoms with E-state index >= 15 is 0 Å². The summed E-state index contributed by atoms with van der Waals surface area (Å²) in [5, 5.41) is 3.34. The summed E-state index contributed by atoms with van der Waals surface area (Å²) in [6, 6.07) is 11.3. The molecule has 2 aromatic rings. The standard InChI is InChI=1S/C20H21F2NO2/c21-18-5-6-19(22)16(12-18)8-10-25-20(24)11-14-1-3-15(4-2-14)17-7-9-23-13-17/h1-6,12,17,23H,7-11,13H2. The zero-order valence-corrected chi connectivity index (χ0v) is 13.9. The van der Waals surface area contributed by atoms with Crippen molar-refractivity contribution in [1.82, 2.24) is 5.32 Å². The number of benzene rings is 2. The molecule has 25 heavy (non-hydrogen) atoms. The largest absolute Gasteiger partial charge is 0.465 e. The van der Waals surface area contributed by atoms with E-state index in [4.69, 9.17) is 4.74 Å². The Morgan fingerprint density at radius 3 is 2.68 bits per heavy atom. The van der Waals surface area contributed by atoms with Gasteiger partial charge in [0, 0.05) is 13.0 Å². The van der Waals surface area contributed by atoms with Crippen LogP contribution in [0, 0.1) is 11.6 Å². The van der Waals surface area contributed by atoms with Crippen LogP contribution in [0.4, 0.5) is 8.78 Å². The van der Waals surface area contributed by atoms with Gasteiger partial charge in [0.05, 0.1) is 13.0 Å². The molecule has 5 heteroatoms. The van der Waals surface area contributed by atoms with E-state index in [0.717, 1.165) is 43.3 Å². The summed E-state index contributed by atoms with van der Waals surface area (Å²) in [5.41, 5.74) is 2.38. The topological polar surface area (TPSA) is 38.3 Å². The second-order valence-corrected chi connectivity index (χ2v) is 6.31. The van der Waals surface area contributed by atoms with Crippen LogP contribution in [0.3, 0.4) is 0 Å². The average Bonchev–Trinajstić information content (AvgIpc) is 3.13. The maximum atomic E-state index is 13.5. The highest BCUT2D eigenvalue weighted by Gasteiger charge is 2.16. The molecule has 2 aromatic carbocycles. The van der Waals surface area contributed by atoms with Crippen LogP contribution in [0.15, 0.2) is 42.5 Å². The lowest BCUT2D eigenvalue weighted by atomic mass is 9.97. The highest BCUT2D eigenvalue weighted by Crippen LogP contribution is 2.22. The number of halogens is 2. The van der Waals surface area contributed by atoms with Crippen LogP contribution in [0.5, 0.6) is 0 Å². The fourth-order valence-electron chi connectivity index (χ4n) is 3.07. The molecule has 0 spiro atoms. The predicted molar refractivity (Wildman–Crippen MR) is 91.4 cm³/mol. The van der Waals surface area contributed by atoms with Crippen LogP contribution in [0.2, 0.25) is 0 Å². The fourth-order valence-corrected chi connectivity index (χ4v) is 3.07. The molecule has 1 atom stereocenters. The summed E-state index contributed by atoms with van der Waals surface area (Å²) >= 11 is 0. The van der Waals surface area contributed by atoms with Gasteiger partial charge in [0.1, 0.15) is 11.6 Å². The van der Waals surface area contributed by atoms with E-state index in [1.54, 1.807) is 0 Å². The summed E-state index contributed by atoms with van der Waals surface area (Å²) in [6.07, 6.45) is 1.47. The van der Waals surface area contributed by atoms with Crippen LogP contribution in [-0.4, -0.2) is 25.7 Å². The lowest BCUT2D eigenvalue weighted by Crippen LogP contribution is -2.11. The van der Waals surface area contributed by atoms with E-state index in [0.29, 0.717) is 5.92 Å². The number of esters is 1. The molecule has 1 fully saturated rings. The van der Waals surface area contributed by atoms with Crippen LogP contribution in [0.1, 0.15) is 29.0 Å². The molecule has 0 amide bonds. The van der Waals surface area contributed by atoms with Gasteiger partial charge >= 0.3 is 5.97 Å². The van der Waals surface area contributed by atoms with E-state index in [-0.39, 0.29) is 31.0 Å². The van der Waals surface area contributed by atoms with Crippen LogP contribution in [0.25, 0.3) is 0 Å². The summed E-state index contributed by atoms with van der Waals surface area (Å²) in [6.45, 7) is 2.08. The molecule has 132 valence electrons. The van der Waals surface area contributed by atoms with E-state index in [2.05, 4.69) is 17.4 Å². The van der Waals surface area contributed by atoms with Crippen molar-refractivity contribution in [3.8, 4) is 0 Å². The monoisotopic (exact) mass is 345 g/mol. The van der Waals surface area contributed by atoms with Crippen molar-refractivity contribution in [3.63, 3.8) is 0 Å². The minimum atomic E-state index is -0.500. The summed E-state index contributed by atoms with van der Waals surface area (Å²) in [4.78, 5) is 11.9. The fraction of sp³-hybridized carbons (Fsp3) is 0.350. The second-order valence-electron chi connectivity index (χ2n) is 6.31. The Morgan fingerprint density at radius 1 is 1.16 bits per heavy atom. The Labute approximate surface area is 146 Å². The van der Waals surface area contributed by atoms with E-state index in [1.165, 1.54) is 5.56 Å². The van der Waals surface area contributed by atoms with E-state index in [1.807, 2.05) is 12.1 Å². The van der Waals surface area contributed by atoms with Gasteiger partial charge in [-0.25, -0.2) is 8.78 Å². The summed E-state index contributed by atoms with van der Waals surface area (Å²) in [5.74, 6) is -0.816. The first-order valence-corrected chi connectivity index (χ1v) is 8.51. The summed E-state index contributed by atoms with van der Waals surface area (Å²) < 4.78 is 31.7. The van der Waals surface area contributed by atoms with E-state index < -0.39 is 11.6 Å². The van der Waals surface area contributed by atoms with Gasteiger partial charge in [-0.1, -0.05) is 24.3 Å². The highest BCUT2D eigenvalue weighted by atomic mass is 19.1. The van der Waals surface area contributed by atoms with Gasteiger partial charge < -0.3 is 10.1 Å². The number of ether oxygens (including phenoxy) is 1. The molecular formula is C20H21F2NO2. The number of carbonyl (C=O) groups excluding carboxylic acids is 1. The molecule has 1 heterocycles. The number of carbonyl (C=O) groups is 1. The van der Waals surface area contributed by atoms with Gasteiger partial charge in [-0.15, -0.1) is 0 Å². The predicted octanol–water partition coefficient (Wildman–Crippen LogP) is 3.37. The third kappa shape index (κ3) is 4.86. The Balaban J connectivity index is 1.46. The number of nitrogens with one attached hydrogen (secondary N) is 1. The zero-order chi connectivity index (χ0) is 17.6. The molecule has 0 bridgehead atoms. The average molecular weight is 345 g/mol. The molecule has 0 radical (unpaired) electrons. The maximum Gasteiger partial charge on any atom is 0.310 e. The molecule has 1 aliphatic heterocycles. The molecule has 0 aliphatic carbocycles. The number of hydrogen-bond acceptors (Lipinski definition) is 3. The molecule has 3 rings (SSSR count).